The summed E-state index contributed by atoms with van der Waals surface area (Å²) in [6, 6.07) is 10.5. The van der Waals surface area contributed by atoms with Gasteiger partial charge < -0.3 is 14.4 Å². The number of anilines is 1. The minimum atomic E-state index is -4.02. The number of carbonyl (C=O) groups is 1. The average Bonchev–Trinajstić information content (AvgIpc) is 2.78. The van der Waals surface area contributed by atoms with Crippen molar-refractivity contribution in [2.45, 2.75) is 17.7 Å². The molecule has 0 bridgehead atoms. The van der Waals surface area contributed by atoms with Crippen LogP contribution in [0.2, 0.25) is 0 Å². The van der Waals surface area contributed by atoms with Crippen molar-refractivity contribution in [1.82, 2.24) is 4.31 Å². The fourth-order valence-corrected chi connectivity index (χ4v) is 5.26. The van der Waals surface area contributed by atoms with Gasteiger partial charge >= 0.3 is 0 Å². The molecular weight excluding hydrogens is 411 g/mol. The molecule has 0 unspecified atom stereocenters. The van der Waals surface area contributed by atoms with Crippen molar-refractivity contribution in [3.05, 3.63) is 48.3 Å². The number of nitrogens with zero attached hydrogens (tertiary/aromatic N) is 2. The number of rotatable bonds is 6. The van der Waals surface area contributed by atoms with Crippen molar-refractivity contribution < 1.29 is 27.1 Å². The molecule has 1 aliphatic rings. The number of hydrogen-bond acceptors (Lipinski definition) is 5. The van der Waals surface area contributed by atoms with E-state index in [4.69, 9.17) is 9.47 Å². The molecule has 1 aliphatic heterocycles. The normalized spacial score (nSPS) is 17.4. The number of ether oxygens (including phenoxy) is 2. The molecule has 0 N–H and O–H groups in total. The van der Waals surface area contributed by atoms with Gasteiger partial charge in [-0.2, -0.15) is 4.31 Å². The van der Waals surface area contributed by atoms with Gasteiger partial charge in [-0.25, -0.2) is 12.8 Å². The summed E-state index contributed by atoms with van der Waals surface area (Å²) in [5, 5.41) is 0. The molecule has 1 saturated heterocycles. The summed E-state index contributed by atoms with van der Waals surface area (Å²) in [6.45, 7) is 0.282. The third kappa shape index (κ3) is 4.41. The van der Waals surface area contributed by atoms with Gasteiger partial charge in [0.1, 0.15) is 22.2 Å². The van der Waals surface area contributed by atoms with E-state index in [1.165, 1.54) is 22.4 Å². The summed E-state index contributed by atoms with van der Waals surface area (Å²) < 4.78 is 51.6. The SMILES string of the molecule is COc1cccc(N(C)C(=O)[C@@H]2CCCN(S(=O)(=O)c3cc(F)ccc3OC)C2)c1. The van der Waals surface area contributed by atoms with Gasteiger partial charge in [-0.3, -0.25) is 4.79 Å². The maximum absolute atomic E-state index is 13.7. The summed E-state index contributed by atoms with van der Waals surface area (Å²) in [4.78, 5) is 14.3. The molecule has 0 radical (unpaired) electrons. The van der Waals surface area contributed by atoms with Crippen LogP contribution in [0.15, 0.2) is 47.4 Å². The fraction of sp³-hybridized carbons (Fsp3) is 0.381. The van der Waals surface area contributed by atoms with Crippen LogP contribution in [0.1, 0.15) is 12.8 Å². The summed E-state index contributed by atoms with van der Waals surface area (Å²) in [5.74, 6) is -0.674. The molecule has 162 valence electrons. The Morgan fingerprint density at radius 2 is 1.93 bits per heavy atom. The number of amides is 1. The lowest BCUT2D eigenvalue weighted by Crippen LogP contribution is -2.46. The predicted molar refractivity (Wildman–Crippen MR) is 111 cm³/mol. The third-order valence-corrected chi connectivity index (χ3v) is 7.13. The standard InChI is InChI=1S/C21H25FN2O5S/c1-23(17-7-4-8-18(13-17)28-2)21(25)15-6-5-11-24(14-15)30(26,27)20-12-16(22)9-10-19(20)29-3/h4,7-10,12-13,15H,5-6,11,14H2,1-3H3/t15-/m1/s1. The first-order chi connectivity index (χ1) is 14.3. The first-order valence-electron chi connectivity index (χ1n) is 9.53. The molecule has 2 aromatic carbocycles. The Hall–Kier alpha value is -2.65. The van der Waals surface area contributed by atoms with E-state index in [2.05, 4.69) is 0 Å². The first-order valence-corrected chi connectivity index (χ1v) is 11.0. The molecule has 3 rings (SSSR count). The van der Waals surface area contributed by atoms with E-state index >= 15 is 0 Å². The van der Waals surface area contributed by atoms with Crippen LogP contribution in [0.4, 0.5) is 10.1 Å². The highest BCUT2D eigenvalue weighted by Gasteiger charge is 2.36. The quantitative estimate of drug-likeness (QED) is 0.696. The van der Waals surface area contributed by atoms with Crippen molar-refractivity contribution in [2.75, 3.05) is 39.3 Å². The first kappa shape index (κ1) is 22.0. The molecule has 0 aliphatic carbocycles. The zero-order valence-electron chi connectivity index (χ0n) is 17.2. The van der Waals surface area contributed by atoms with Crippen LogP contribution in [-0.4, -0.2) is 53.0 Å². The van der Waals surface area contributed by atoms with E-state index in [1.54, 1.807) is 38.4 Å². The molecular formula is C21H25FN2O5S. The maximum Gasteiger partial charge on any atom is 0.246 e. The highest BCUT2D eigenvalue weighted by atomic mass is 32.2. The highest BCUT2D eigenvalue weighted by Crippen LogP contribution is 2.31. The van der Waals surface area contributed by atoms with Crippen molar-refractivity contribution >= 4 is 21.6 Å². The lowest BCUT2D eigenvalue weighted by Gasteiger charge is -2.33. The monoisotopic (exact) mass is 436 g/mol. The van der Waals surface area contributed by atoms with Crippen molar-refractivity contribution in [3.63, 3.8) is 0 Å². The van der Waals surface area contributed by atoms with Gasteiger partial charge in [0, 0.05) is 31.9 Å². The number of halogens is 1. The van der Waals surface area contributed by atoms with E-state index in [0.717, 1.165) is 12.1 Å². The van der Waals surface area contributed by atoms with Gasteiger partial charge in [-0.15, -0.1) is 0 Å². The van der Waals surface area contributed by atoms with E-state index in [9.17, 15) is 17.6 Å². The van der Waals surface area contributed by atoms with Gasteiger partial charge in [-0.05, 0) is 43.2 Å². The summed E-state index contributed by atoms with van der Waals surface area (Å²) in [5.41, 5.74) is 0.658. The Bertz CT molecular complexity index is 1030. The molecule has 0 spiro atoms. The summed E-state index contributed by atoms with van der Waals surface area (Å²) >= 11 is 0. The molecule has 0 saturated carbocycles. The van der Waals surface area contributed by atoms with Crippen molar-refractivity contribution in [3.8, 4) is 11.5 Å². The molecule has 0 aromatic heterocycles. The van der Waals surface area contributed by atoms with E-state index in [1.807, 2.05) is 0 Å². The Labute approximate surface area is 176 Å². The van der Waals surface area contributed by atoms with Gasteiger partial charge in [0.25, 0.3) is 0 Å². The fourth-order valence-electron chi connectivity index (χ4n) is 3.57. The zero-order chi connectivity index (χ0) is 21.9. The Balaban J connectivity index is 1.82. The second-order valence-electron chi connectivity index (χ2n) is 7.10. The molecule has 1 heterocycles. The van der Waals surface area contributed by atoms with E-state index in [-0.39, 0.29) is 29.6 Å². The number of hydrogen-bond donors (Lipinski definition) is 0. The second-order valence-corrected chi connectivity index (χ2v) is 9.00. The molecule has 1 amide bonds. The minimum Gasteiger partial charge on any atom is -0.497 e. The average molecular weight is 437 g/mol. The van der Waals surface area contributed by atoms with Crippen LogP contribution >= 0.6 is 0 Å². The number of methoxy groups -OCH3 is 2. The molecule has 2 aromatic rings. The molecule has 30 heavy (non-hydrogen) atoms. The smallest absolute Gasteiger partial charge is 0.246 e. The van der Waals surface area contributed by atoms with Crippen LogP contribution in [0.25, 0.3) is 0 Å². The lowest BCUT2D eigenvalue weighted by molar-refractivity contribution is -0.123. The third-order valence-electron chi connectivity index (χ3n) is 5.25. The second kappa shape index (κ2) is 9.01. The van der Waals surface area contributed by atoms with Crippen LogP contribution < -0.4 is 14.4 Å². The highest BCUT2D eigenvalue weighted by molar-refractivity contribution is 7.89. The number of piperidine rings is 1. The maximum atomic E-state index is 13.7. The van der Waals surface area contributed by atoms with Gasteiger partial charge in [0.05, 0.1) is 20.1 Å². The number of carbonyl (C=O) groups excluding carboxylic acids is 1. The summed E-state index contributed by atoms with van der Waals surface area (Å²) in [7, 11) is 0.514. The Morgan fingerprint density at radius 3 is 2.63 bits per heavy atom. The van der Waals surface area contributed by atoms with Crippen molar-refractivity contribution in [1.29, 1.82) is 0 Å². The predicted octanol–water partition coefficient (Wildman–Crippen LogP) is 2.91. The number of benzene rings is 2. The zero-order valence-corrected chi connectivity index (χ0v) is 18.0. The molecule has 9 heteroatoms. The van der Waals surface area contributed by atoms with Crippen LogP contribution in [0.5, 0.6) is 11.5 Å². The molecule has 1 atom stereocenters. The molecule has 1 fully saturated rings. The Kier molecular flexibility index (Phi) is 6.62. The lowest BCUT2D eigenvalue weighted by atomic mass is 9.98. The van der Waals surface area contributed by atoms with Crippen LogP contribution in [-0.2, 0) is 14.8 Å². The minimum absolute atomic E-state index is 0.0230. The largest absolute Gasteiger partial charge is 0.497 e. The van der Waals surface area contributed by atoms with Gasteiger partial charge in [0.15, 0.2) is 0 Å². The van der Waals surface area contributed by atoms with Gasteiger partial charge in [-0.1, -0.05) is 6.07 Å². The topological polar surface area (TPSA) is 76.2 Å². The molecule has 7 nitrogen and oxygen atoms in total. The van der Waals surface area contributed by atoms with Gasteiger partial charge in [0.2, 0.25) is 15.9 Å². The van der Waals surface area contributed by atoms with E-state index in [0.29, 0.717) is 24.3 Å². The van der Waals surface area contributed by atoms with E-state index < -0.39 is 21.8 Å². The summed E-state index contributed by atoms with van der Waals surface area (Å²) in [6.07, 6.45) is 1.10. The van der Waals surface area contributed by atoms with Crippen LogP contribution in [0, 0.1) is 11.7 Å². The van der Waals surface area contributed by atoms with Crippen molar-refractivity contribution in [2.24, 2.45) is 5.92 Å². The number of sulfonamides is 1. The van der Waals surface area contributed by atoms with Crippen LogP contribution in [0.3, 0.4) is 0 Å². The Morgan fingerprint density at radius 1 is 1.17 bits per heavy atom.